The van der Waals surface area contributed by atoms with Crippen LogP contribution in [-0.4, -0.2) is 25.8 Å². The first-order chi connectivity index (χ1) is 14.9. The summed E-state index contributed by atoms with van der Waals surface area (Å²) in [5, 5.41) is 0. The number of ether oxygens (including phenoxy) is 1. The van der Waals surface area contributed by atoms with E-state index in [0.717, 1.165) is 11.4 Å². The molecule has 0 spiro atoms. The Labute approximate surface area is 186 Å². The second-order valence-electron chi connectivity index (χ2n) is 9.03. The summed E-state index contributed by atoms with van der Waals surface area (Å²) >= 11 is 0. The molecule has 31 heavy (non-hydrogen) atoms. The number of nitrogens with zero attached hydrogens (tertiary/aromatic N) is 2. The van der Waals surface area contributed by atoms with Crippen LogP contribution in [-0.2, 0) is 0 Å². The van der Waals surface area contributed by atoms with Crippen molar-refractivity contribution < 1.29 is 4.74 Å². The minimum Gasteiger partial charge on any atom is -0.497 e. The Bertz CT molecular complexity index is 1100. The van der Waals surface area contributed by atoms with Crippen LogP contribution in [0.3, 0.4) is 0 Å². The molecule has 0 fully saturated rings. The number of benzene rings is 2. The molecule has 0 radical (unpaired) electrons. The number of hydrogen-bond donors (Lipinski definition) is 0. The van der Waals surface area contributed by atoms with Gasteiger partial charge in [-0.3, -0.25) is 4.98 Å². The van der Waals surface area contributed by atoms with Gasteiger partial charge in [-0.1, -0.05) is 56.0 Å². The molecular weight excluding hydrogens is 396 g/mol. The zero-order valence-corrected chi connectivity index (χ0v) is 20.0. The second-order valence-corrected chi connectivity index (χ2v) is 14.3. The largest absolute Gasteiger partial charge is 0.497 e. The molecule has 0 aliphatic carbocycles. The van der Waals surface area contributed by atoms with Gasteiger partial charge in [0.05, 0.1) is 26.5 Å². The first-order valence-corrected chi connectivity index (χ1v) is 14.3. The van der Waals surface area contributed by atoms with Crippen molar-refractivity contribution in [1.29, 1.82) is 0 Å². The predicted molar refractivity (Wildman–Crippen MR) is 134 cm³/mol. The molecular formula is C27H30N2OSi. The Kier molecular flexibility index (Phi) is 5.83. The summed E-state index contributed by atoms with van der Waals surface area (Å²) in [4.78, 5) is 7.31. The van der Waals surface area contributed by atoms with Gasteiger partial charge >= 0.3 is 0 Å². The van der Waals surface area contributed by atoms with Crippen LogP contribution in [0.2, 0.25) is 19.6 Å². The molecule has 4 heteroatoms. The van der Waals surface area contributed by atoms with Crippen molar-refractivity contribution in [3.63, 3.8) is 0 Å². The lowest BCUT2D eigenvalue weighted by Gasteiger charge is -2.45. The molecule has 1 aromatic heterocycles. The van der Waals surface area contributed by atoms with E-state index < -0.39 is 8.07 Å². The highest BCUT2D eigenvalue weighted by Gasteiger charge is 2.40. The number of methoxy groups -OCH3 is 1. The van der Waals surface area contributed by atoms with E-state index in [1.165, 1.54) is 28.1 Å². The number of allylic oxidation sites excluding steroid dienone is 3. The molecule has 0 bridgehead atoms. The van der Waals surface area contributed by atoms with Gasteiger partial charge in [0.1, 0.15) is 5.75 Å². The van der Waals surface area contributed by atoms with E-state index in [1.54, 1.807) is 7.11 Å². The highest BCUT2D eigenvalue weighted by atomic mass is 28.3. The summed E-state index contributed by atoms with van der Waals surface area (Å²) in [6.45, 7) is 9.55. The fourth-order valence-electron chi connectivity index (χ4n) is 4.41. The molecule has 2 heterocycles. The summed E-state index contributed by atoms with van der Waals surface area (Å²) in [5.41, 5.74) is 7.55. The van der Waals surface area contributed by atoms with E-state index in [4.69, 9.17) is 9.72 Å². The van der Waals surface area contributed by atoms with Gasteiger partial charge in [0.15, 0.2) is 0 Å². The molecule has 4 rings (SSSR count). The molecule has 1 aliphatic rings. The van der Waals surface area contributed by atoms with Gasteiger partial charge in [-0.15, -0.1) is 0 Å². The third kappa shape index (κ3) is 4.21. The zero-order chi connectivity index (χ0) is 22.0. The highest BCUT2D eigenvalue weighted by molar-refractivity contribution is 6.80. The van der Waals surface area contributed by atoms with Crippen molar-refractivity contribution >= 4 is 24.9 Å². The maximum absolute atomic E-state index is 5.40. The molecule has 158 valence electrons. The maximum atomic E-state index is 5.40. The lowest BCUT2D eigenvalue weighted by atomic mass is 9.92. The Hall–Kier alpha value is -3.11. The van der Waals surface area contributed by atoms with Gasteiger partial charge < -0.3 is 9.64 Å². The van der Waals surface area contributed by atoms with E-state index in [-0.39, 0.29) is 5.67 Å². The Morgan fingerprint density at radius 2 is 1.55 bits per heavy atom. The SMILES string of the molecule is COc1ccc(N2C(C)=CC(c3ccccc3)=C(c3ccccn3)[C@H]2[Si](C)(C)C)cc1. The number of rotatable bonds is 5. The van der Waals surface area contributed by atoms with Gasteiger partial charge in [0.2, 0.25) is 0 Å². The zero-order valence-electron chi connectivity index (χ0n) is 19.0. The lowest BCUT2D eigenvalue weighted by Crippen LogP contribution is -2.53. The Morgan fingerprint density at radius 1 is 0.871 bits per heavy atom. The minimum absolute atomic E-state index is 0.246. The van der Waals surface area contributed by atoms with Crippen LogP contribution >= 0.6 is 0 Å². The van der Waals surface area contributed by atoms with Gasteiger partial charge in [-0.2, -0.15) is 0 Å². The molecule has 1 atom stereocenters. The first-order valence-electron chi connectivity index (χ1n) is 10.7. The minimum atomic E-state index is -1.73. The number of aromatic nitrogens is 1. The van der Waals surface area contributed by atoms with Crippen molar-refractivity contribution in [3.8, 4) is 5.75 Å². The molecule has 3 aromatic rings. The van der Waals surface area contributed by atoms with Crippen LogP contribution in [0, 0.1) is 0 Å². The van der Waals surface area contributed by atoms with E-state index >= 15 is 0 Å². The Morgan fingerprint density at radius 3 is 2.13 bits per heavy atom. The average Bonchev–Trinajstić information content (AvgIpc) is 2.79. The maximum Gasteiger partial charge on any atom is 0.119 e. The van der Waals surface area contributed by atoms with Crippen molar-refractivity contribution in [1.82, 2.24) is 4.98 Å². The number of anilines is 1. The molecule has 0 amide bonds. The molecule has 3 nitrogen and oxygen atoms in total. The Balaban J connectivity index is 1.98. The quantitative estimate of drug-likeness (QED) is 0.426. The van der Waals surface area contributed by atoms with Gasteiger partial charge in [0.25, 0.3) is 0 Å². The van der Waals surface area contributed by atoms with E-state index in [9.17, 15) is 0 Å². The standard InChI is InChI=1S/C27H30N2OSi/c1-20-19-24(21-11-7-6-8-12-21)26(25-13-9-10-18-28-25)27(31(3,4)5)29(20)22-14-16-23(30-2)17-15-22/h6-19,27H,1-5H3/t27-/m1/s1. The van der Waals surface area contributed by atoms with E-state index in [1.807, 2.05) is 24.4 Å². The molecule has 0 saturated carbocycles. The normalized spacial score (nSPS) is 16.9. The third-order valence-corrected chi connectivity index (χ3v) is 7.94. The number of hydrogen-bond acceptors (Lipinski definition) is 3. The third-order valence-electron chi connectivity index (χ3n) is 5.75. The fourth-order valence-corrected chi connectivity index (χ4v) is 6.71. The summed E-state index contributed by atoms with van der Waals surface area (Å²) in [5.74, 6) is 0.873. The van der Waals surface area contributed by atoms with Crippen LogP contribution in [0.15, 0.2) is 90.8 Å². The van der Waals surface area contributed by atoms with Gasteiger partial charge in [0, 0.05) is 23.2 Å². The van der Waals surface area contributed by atoms with Crippen molar-refractivity contribution in [2.24, 2.45) is 0 Å². The molecule has 2 aromatic carbocycles. The van der Waals surface area contributed by atoms with Crippen LogP contribution in [0.4, 0.5) is 5.69 Å². The second kappa shape index (κ2) is 8.56. The smallest absolute Gasteiger partial charge is 0.119 e. The monoisotopic (exact) mass is 426 g/mol. The van der Waals surface area contributed by atoms with E-state index in [0.29, 0.717) is 0 Å². The summed E-state index contributed by atoms with van der Waals surface area (Å²) < 4.78 is 5.40. The highest BCUT2D eigenvalue weighted by Crippen LogP contribution is 2.43. The molecule has 0 unspecified atom stereocenters. The van der Waals surface area contributed by atoms with Crippen LogP contribution in [0.1, 0.15) is 18.2 Å². The van der Waals surface area contributed by atoms with Gasteiger partial charge in [-0.25, -0.2) is 0 Å². The van der Waals surface area contributed by atoms with E-state index in [2.05, 4.69) is 92.1 Å². The van der Waals surface area contributed by atoms with Crippen LogP contribution in [0.5, 0.6) is 5.75 Å². The summed E-state index contributed by atoms with van der Waals surface area (Å²) in [6, 6.07) is 25.3. The first kappa shape index (κ1) is 21.1. The fraction of sp³-hybridized carbons (Fsp3) is 0.222. The lowest BCUT2D eigenvalue weighted by molar-refractivity contribution is 0.415. The number of pyridine rings is 1. The van der Waals surface area contributed by atoms with Crippen molar-refractivity contribution in [2.75, 3.05) is 12.0 Å². The predicted octanol–water partition coefficient (Wildman–Crippen LogP) is 6.67. The molecule has 0 saturated heterocycles. The summed E-state index contributed by atoms with van der Waals surface area (Å²) in [6.07, 6.45) is 4.22. The van der Waals surface area contributed by atoms with Crippen molar-refractivity contribution in [2.45, 2.75) is 32.2 Å². The van der Waals surface area contributed by atoms with Crippen molar-refractivity contribution in [3.05, 3.63) is 102 Å². The van der Waals surface area contributed by atoms with Crippen LogP contribution in [0.25, 0.3) is 11.1 Å². The van der Waals surface area contributed by atoms with Crippen LogP contribution < -0.4 is 9.64 Å². The molecule has 0 N–H and O–H groups in total. The summed E-state index contributed by atoms with van der Waals surface area (Å²) in [7, 11) is -0.0222. The average molecular weight is 427 g/mol. The topological polar surface area (TPSA) is 25.4 Å². The molecule has 1 aliphatic heterocycles. The van der Waals surface area contributed by atoms with Gasteiger partial charge in [-0.05, 0) is 60.5 Å².